The number of nitro groups is 1. The highest BCUT2D eigenvalue weighted by Gasteiger charge is 2.21. The Labute approximate surface area is 120 Å². The highest BCUT2D eigenvalue weighted by Crippen LogP contribution is 2.27. The summed E-state index contributed by atoms with van der Waals surface area (Å²) in [7, 11) is -3.91. The van der Waals surface area contributed by atoms with Gasteiger partial charge >= 0.3 is 0 Å². The lowest BCUT2D eigenvalue weighted by Gasteiger charge is -2.11. The van der Waals surface area contributed by atoms with Crippen molar-refractivity contribution in [2.24, 2.45) is 0 Å². The average Bonchev–Trinajstić information content (AvgIpc) is 2.91. The zero-order valence-electron chi connectivity index (χ0n) is 10.9. The molecule has 112 valence electrons. The maximum atomic E-state index is 12.3. The largest absolute Gasteiger partial charge is 0.384 e. The molecule has 1 heterocycles. The Kier molecular flexibility index (Phi) is 4.08. The molecule has 2 N–H and O–H groups in total. The van der Waals surface area contributed by atoms with Crippen molar-refractivity contribution in [3.63, 3.8) is 0 Å². The highest BCUT2D eigenvalue weighted by atomic mass is 32.2. The van der Waals surface area contributed by atoms with Crippen molar-refractivity contribution in [3.8, 4) is 0 Å². The van der Waals surface area contributed by atoms with Gasteiger partial charge in [-0.1, -0.05) is 5.16 Å². The first-order valence-corrected chi connectivity index (χ1v) is 7.37. The van der Waals surface area contributed by atoms with Gasteiger partial charge in [0.2, 0.25) is 0 Å². The molecule has 0 saturated heterocycles. The van der Waals surface area contributed by atoms with Gasteiger partial charge in [-0.25, -0.2) is 8.42 Å². The zero-order valence-corrected chi connectivity index (χ0v) is 11.8. The van der Waals surface area contributed by atoms with Crippen LogP contribution >= 0.6 is 0 Å². The Hall–Kier alpha value is -2.62. The van der Waals surface area contributed by atoms with Gasteiger partial charge in [0, 0.05) is 18.7 Å². The van der Waals surface area contributed by atoms with Crippen molar-refractivity contribution in [1.29, 1.82) is 0 Å². The molecule has 9 nitrogen and oxygen atoms in total. The standard InChI is InChI=1S/C11H12N4O5S/c1-2-12-10-5-9(15(16)17)3-4-11(10)21(18,19)14-8-6-13-20-7-8/h3-7,12,14H,2H2,1H3. The number of hydrogen-bond donors (Lipinski definition) is 2. The van der Waals surface area contributed by atoms with Crippen LogP contribution in [-0.2, 0) is 10.0 Å². The Morgan fingerprint density at radius 3 is 2.76 bits per heavy atom. The summed E-state index contributed by atoms with van der Waals surface area (Å²) in [5, 5.41) is 17.0. The minimum Gasteiger partial charge on any atom is -0.384 e. The zero-order chi connectivity index (χ0) is 15.5. The molecule has 0 atom stereocenters. The number of nitrogens with zero attached hydrogens (tertiary/aromatic N) is 2. The molecule has 0 spiro atoms. The monoisotopic (exact) mass is 312 g/mol. The van der Waals surface area contributed by atoms with Crippen LogP contribution < -0.4 is 10.0 Å². The second-order valence-electron chi connectivity index (χ2n) is 3.99. The lowest BCUT2D eigenvalue weighted by molar-refractivity contribution is -0.384. The van der Waals surface area contributed by atoms with Crippen LogP contribution in [0.15, 0.2) is 40.1 Å². The lowest BCUT2D eigenvalue weighted by Crippen LogP contribution is -2.15. The van der Waals surface area contributed by atoms with Gasteiger partial charge in [0.15, 0.2) is 0 Å². The summed E-state index contributed by atoms with van der Waals surface area (Å²) in [5.74, 6) is 0. The Morgan fingerprint density at radius 1 is 1.43 bits per heavy atom. The molecular weight excluding hydrogens is 300 g/mol. The summed E-state index contributed by atoms with van der Waals surface area (Å²) in [5.41, 5.74) is 0.112. The number of nitrogens with one attached hydrogen (secondary N) is 2. The second kappa shape index (κ2) is 5.79. The molecule has 2 rings (SSSR count). The van der Waals surface area contributed by atoms with Gasteiger partial charge in [-0.05, 0) is 13.0 Å². The number of hydrogen-bond acceptors (Lipinski definition) is 7. The quantitative estimate of drug-likeness (QED) is 0.615. The molecule has 0 aliphatic heterocycles. The lowest BCUT2D eigenvalue weighted by atomic mass is 10.3. The molecule has 1 aromatic heterocycles. The van der Waals surface area contributed by atoms with E-state index >= 15 is 0 Å². The van der Waals surface area contributed by atoms with Crippen LogP contribution in [0.25, 0.3) is 0 Å². The van der Waals surface area contributed by atoms with Crippen molar-refractivity contribution in [1.82, 2.24) is 5.16 Å². The summed E-state index contributed by atoms with van der Waals surface area (Å²) in [6.45, 7) is 2.17. The van der Waals surface area contributed by atoms with Gasteiger partial charge in [0.1, 0.15) is 16.8 Å². The summed E-state index contributed by atoms with van der Waals surface area (Å²) in [6, 6.07) is 3.47. The molecule has 0 fully saturated rings. The smallest absolute Gasteiger partial charge is 0.271 e. The number of nitro benzene ring substituents is 1. The van der Waals surface area contributed by atoms with E-state index < -0.39 is 14.9 Å². The number of sulfonamides is 1. The van der Waals surface area contributed by atoms with Crippen molar-refractivity contribution in [3.05, 3.63) is 40.8 Å². The molecule has 10 heteroatoms. The minimum atomic E-state index is -3.91. The summed E-state index contributed by atoms with van der Waals surface area (Å²) in [6.07, 6.45) is 2.34. The molecule has 0 amide bonds. The first kappa shape index (κ1) is 14.8. The Balaban J connectivity index is 2.44. The van der Waals surface area contributed by atoms with Crippen LogP contribution in [0.3, 0.4) is 0 Å². The van der Waals surface area contributed by atoms with E-state index in [-0.39, 0.29) is 22.0 Å². The van der Waals surface area contributed by atoms with Gasteiger partial charge in [0.05, 0.1) is 16.8 Å². The van der Waals surface area contributed by atoms with Crippen molar-refractivity contribution >= 4 is 27.1 Å². The highest BCUT2D eigenvalue weighted by molar-refractivity contribution is 7.92. The van der Waals surface area contributed by atoms with Gasteiger partial charge in [-0.15, -0.1) is 0 Å². The maximum Gasteiger partial charge on any atom is 0.271 e. The van der Waals surface area contributed by atoms with E-state index in [2.05, 4.69) is 19.7 Å². The van der Waals surface area contributed by atoms with E-state index in [9.17, 15) is 18.5 Å². The summed E-state index contributed by atoms with van der Waals surface area (Å²) >= 11 is 0. The van der Waals surface area contributed by atoms with Crippen molar-refractivity contribution in [2.45, 2.75) is 11.8 Å². The van der Waals surface area contributed by atoms with E-state index in [1.165, 1.54) is 18.3 Å². The predicted molar refractivity (Wildman–Crippen MR) is 74.6 cm³/mol. The van der Waals surface area contributed by atoms with Crippen LogP contribution in [0, 0.1) is 10.1 Å². The molecule has 0 radical (unpaired) electrons. The fraction of sp³-hybridized carbons (Fsp3) is 0.182. The van der Waals surface area contributed by atoms with Crippen LogP contribution in [-0.4, -0.2) is 25.0 Å². The molecule has 0 bridgehead atoms. The predicted octanol–water partition coefficient (Wildman–Crippen LogP) is 1.82. The van der Waals surface area contributed by atoms with Crippen molar-refractivity contribution < 1.29 is 17.9 Å². The van der Waals surface area contributed by atoms with E-state index in [0.29, 0.717) is 6.54 Å². The number of aromatic nitrogens is 1. The first-order chi connectivity index (χ1) is 9.94. The third-order valence-corrected chi connectivity index (χ3v) is 3.95. The molecule has 0 aliphatic carbocycles. The minimum absolute atomic E-state index is 0.101. The number of rotatable bonds is 6. The average molecular weight is 312 g/mol. The number of anilines is 2. The molecule has 0 aliphatic rings. The van der Waals surface area contributed by atoms with Crippen LogP contribution in [0.5, 0.6) is 0 Å². The third-order valence-electron chi connectivity index (χ3n) is 2.52. The van der Waals surface area contributed by atoms with Gasteiger partial charge in [-0.3, -0.25) is 14.8 Å². The Morgan fingerprint density at radius 2 is 2.19 bits per heavy atom. The molecule has 21 heavy (non-hydrogen) atoms. The summed E-state index contributed by atoms with van der Waals surface area (Å²) in [4.78, 5) is 10.1. The second-order valence-corrected chi connectivity index (χ2v) is 5.64. The van der Waals surface area contributed by atoms with Gasteiger partial charge in [0.25, 0.3) is 15.7 Å². The number of benzene rings is 1. The van der Waals surface area contributed by atoms with Crippen LogP contribution in [0.4, 0.5) is 17.1 Å². The SMILES string of the molecule is CCNc1cc([N+](=O)[O-])ccc1S(=O)(=O)Nc1cnoc1. The Bertz CT molecular complexity index is 742. The normalized spacial score (nSPS) is 11.1. The molecule has 2 aromatic rings. The van der Waals surface area contributed by atoms with E-state index in [4.69, 9.17) is 0 Å². The molecule has 0 saturated carbocycles. The van der Waals surface area contributed by atoms with Crippen molar-refractivity contribution in [2.75, 3.05) is 16.6 Å². The van der Waals surface area contributed by atoms with Gasteiger partial charge in [-0.2, -0.15) is 0 Å². The van der Waals surface area contributed by atoms with E-state index in [1.807, 2.05) is 0 Å². The maximum absolute atomic E-state index is 12.3. The van der Waals surface area contributed by atoms with Gasteiger partial charge < -0.3 is 9.84 Å². The topological polar surface area (TPSA) is 127 Å². The third kappa shape index (κ3) is 3.28. The number of non-ortho nitro benzene ring substituents is 1. The molecular formula is C11H12N4O5S. The molecule has 0 unspecified atom stereocenters. The van der Waals surface area contributed by atoms with E-state index in [1.54, 1.807) is 6.92 Å². The van der Waals surface area contributed by atoms with Crippen LogP contribution in [0.2, 0.25) is 0 Å². The van der Waals surface area contributed by atoms with Crippen LogP contribution in [0.1, 0.15) is 6.92 Å². The van der Waals surface area contributed by atoms with E-state index in [0.717, 1.165) is 12.3 Å². The molecule has 1 aromatic carbocycles. The fourth-order valence-corrected chi connectivity index (χ4v) is 2.85. The summed E-state index contributed by atoms with van der Waals surface area (Å²) < 4.78 is 31.4. The first-order valence-electron chi connectivity index (χ1n) is 5.88. The fourth-order valence-electron chi connectivity index (χ4n) is 1.66.